The number of benzene rings is 1. The van der Waals surface area contributed by atoms with E-state index < -0.39 is 0 Å². The molecule has 6 nitrogen and oxygen atoms in total. The molecule has 2 heterocycles. The number of ether oxygens (including phenoxy) is 1. The molecule has 0 N–H and O–H groups in total. The number of likely N-dealkylation sites (tertiary alicyclic amines) is 1. The van der Waals surface area contributed by atoms with Crippen molar-refractivity contribution in [3.63, 3.8) is 0 Å². The number of carbonyl (C=O) groups is 2. The maximum atomic E-state index is 12.4. The highest BCUT2D eigenvalue weighted by Gasteiger charge is 2.25. The van der Waals surface area contributed by atoms with Crippen molar-refractivity contribution in [2.24, 2.45) is 0 Å². The Hall–Kier alpha value is -1.96. The lowest BCUT2D eigenvalue weighted by Gasteiger charge is -2.31. The minimum Gasteiger partial charge on any atom is -0.458 e. The fourth-order valence-electron chi connectivity index (χ4n) is 2.86. The summed E-state index contributed by atoms with van der Waals surface area (Å²) in [6.45, 7) is 1.89. The van der Waals surface area contributed by atoms with Crippen LogP contribution in [0.25, 0.3) is 10.6 Å². The number of esters is 1. The van der Waals surface area contributed by atoms with E-state index in [-0.39, 0.29) is 18.0 Å². The van der Waals surface area contributed by atoms with Crippen LogP contribution in [0.4, 0.5) is 0 Å². The van der Waals surface area contributed by atoms with Gasteiger partial charge >= 0.3 is 5.97 Å². The van der Waals surface area contributed by atoms with Crippen LogP contribution in [0.3, 0.4) is 0 Å². The predicted molar refractivity (Wildman–Crippen MR) is 106 cm³/mol. The van der Waals surface area contributed by atoms with Gasteiger partial charge in [-0.25, -0.2) is 9.78 Å². The molecule has 0 bridgehead atoms. The lowest BCUT2D eigenvalue weighted by Crippen LogP contribution is -2.43. The molecule has 2 aromatic rings. The average molecular weight is 408 g/mol. The molecule has 0 atom stereocenters. The van der Waals surface area contributed by atoms with Gasteiger partial charge in [0.25, 0.3) is 0 Å². The number of likely N-dealkylation sites (N-methyl/N-ethyl adjacent to an activating group) is 1. The first kappa shape index (κ1) is 19.8. The molecule has 1 aromatic heterocycles. The number of nitrogens with zero attached hydrogens (tertiary/aromatic N) is 3. The highest BCUT2D eigenvalue weighted by Crippen LogP contribution is 2.31. The highest BCUT2D eigenvalue weighted by atomic mass is 35.5. The summed E-state index contributed by atoms with van der Waals surface area (Å²) in [5, 5.41) is 1.30. The van der Waals surface area contributed by atoms with Crippen LogP contribution in [0.1, 0.15) is 22.5 Å². The maximum Gasteiger partial charge on any atom is 0.350 e. The molecule has 144 valence electrons. The van der Waals surface area contributed by atoms with Crippen LogP contribution in [0, 0.1) is 0 Å². The van der Waals surface area contributed by atoms with Crippen molar-refractivity contribution in [3.8, 4) is 10.6 Å². The minimum atomic E-state index is -0.353. The van der Waals surface area contributed by atoms with Gasteiger partial charge in [0.2, 0.25) is 5.91 Å². The van der Waals surface area contributed by atoms with Crippen LogP contribution >= 0.6 is 22.9 Å². The predicted octanol–water partition coefficient (Wildman–Crippen LogP) is 3.17. The highest BCUT2D eigenvalue weighted by molar-refractivity contribution is 7.16. The summed E-state index contributed by atoms with van der Waals surface area (Å²) in [6.07, 6.45) is 2.86. The average Bonchev–Trinajstić information content (AvgIpc) is 3.13. The number of rotatable bonds is 5. The Balaban J connectivity index is 1.53. The van der Waals surface area contributed by atoms with Crippen LogP contribution in [0.2, 0.25) is 5.02 Å². The van der Waals surface area contributed by atoms with E-state index in [9.17, 15) is 9.59 Å². The van der Waals surface area contributed by atoms with Crippen LogP contribution in [0.15, 0.2) is 30.5 Å². The Morgan fingerprint density at radius 2 is 2.00 bits per heavy atom. The van der Waals surface area contributed by atoms with Gasteiger partial charge in [0.05, 0.1) is 17.8 Å². The third-order valence-electron chi connectivity index (χ3n) is 4.48. The SMILES string of the molecule is CN(C)C(=O)CN1CCC(OC(=O)c2cnc(-c3ccccc3Cl)s2)CC1. The Morgan fingerprint density at radius 1 is 1.30 bits per heavy atom. The molecule has 8 heteroatoms. The third kappa shape index (κ3) is 5.06. The van der Waals surface area contributed by atoms with Gasteiger partial charge in [0.1, 0.15) is 16.0 Å². The first-order chi connectivity index (χ1) is 12.9. The molecule has 0 radical (unpaired) electrons. The summed E-state index contributed by atoms with van der Waals surface area (Å²) in [4.78, 5) is 32.7. The summed E-state index contributed by atoms with van der Waals surface area (Å²) in [7, 11) is 3.51. The van der Waals surface area contributed by atoms with Crippen molar-refractivity contribution in [2.75, 3.05) is 33.7 Å². The molecule has 1 fully saturated rings. The second kappa shape index (κ2) is 8.82. The Bertz CT molecular complexity index is 816. The van der Waals surface area contributed by atoms with Crippen molar-refractivity contribution in [2.45, 2.75) is 18.9 Å². The monoisotopic (exact) mass is 407 g/mol. The number of hydrogen-bond donors (Lipinski definition) is 0. The molecule has 1 amide bonds. The van der Waals surface area contributed by atoms with E-state index in [2.05, 4.69) is 9.88 Å². The van der Waals surface area contributed by atoms with Crippen molar-refractivity contribution >= 4 is 34.8 Å². The number of carbonyl (C=O) groups excluding carboxylic acids is 2. The summed E-state index contributed by atoms with van der Waals surface area (Å²) in [5.74, 6) is -0.268. The molecule has 0 unspecified atom stereocenters. The van der Waals surface area contributed by atoms with Gasteiger partial charge < -0.3 is 9.64 Å². The summed E-state index contributed by atoms with van der Waals surface area (Å²) >= 11 is 7.47. The molecule has 1 aliphatic rings. The largest absolute Gasteiger partial charge is 0.458 e. The minimum absolute atomic E-state index is 0.0854. The number of hydrogen-bond acceptors (Lipinski definition) is 6. The molecule has 1 aromatic carbocycles. The fourth-order valence-corrected chi connectivity index (χ4v) is 3.97. The second-order valence-corrected chi connectivity index (χ2v) is 8.12. The molecule has 3 rings (SSSR count). The lowest BCUT2D eigenvalue weighted by atomic mass is 10.1. The lowest BCUT2D eigenvalue weighted by molar-refractivity contribution is -0.130. The van der Waals surface area contributed by atoms with E-state index in [0.717, 1.165) is 31.5 Å². The summed E-state index contributed by atoms with van der Waals surface area (Å²) in [5.41, 5.74) is 0.807. The standard InChI is InChI=1S/C19H22ClN3O3S/c1-22(2)17(24)12-23-9-7-13(8-10-23)26-19(25)16-11-21-18(27-16)14-5-3-4-6-15(14)20/h3-6,11,13H,7-10,12H2,1-2H3. The smallest absolute Gasteiger partial charge is 0.350 e. The number of thiazole rings is 1. The topological polar surface area (TPSA) is 62.7 Å². The van der Waals surface area contributed by atoms with Crippen LogP contribution in [-0.4, -0.2) is 66.5 Å². The van der Waals surface area contributed by atoms with E-state index in [1.807, 2.05) is 18.2 Å². The van der Waals surface area contributed by atoms with E-state index in [4.69, 9.17) is 16.3 Å². The zero-order valence-electron chi connectivity index (χ0n) is 15.4. The quantitative estimate of drug-likeness (QED) is 0.712. The summed E-state index contributed by atoms with van der Waals surface area (Å²) in [6, 6.07) is 7.41. The van der Waals surface area contributed by atoms with Crippen molar-refractivity contribution < 1.29 is 14.3 Å². The summed E-state index contributed by atoms with van der Waals surface area (Å²) < 4.78 is 5.63. The van der Waals surface area contributed by atoms with Gasteiger partial charge in [-0.1, -0.05) is 29.8 Å². The zero-order valence-corrected chi connectivity index (χ0v) is 16.9. The maximum absolute atomic E-state index is 12.4. The fraction of sp³-hybridized carbons (Fsp3) is 0.421. The van der Waals surface area contributed by atoms with Crippen molar-refractivity contribution in [1.82, 2.24) is 14.8 Å². The van der Waals surface area contributed by atoms with Gasteiger partial charge in [0.15, 0.2) is 0 Å². The first-order valence-electron chi connectivity index (χ1n) is 8.78. The van der Waals surface area contributed by atoms with Crippen LogP contribution < -0.4 is 0 Å². The molecule has 1 saturated heterocycles. The van der Waals surface area contributed by atoms with E-state index in [1.165, 1.54) is 17.5 Å². The molecule has 0 saturated carbocycles. The van der Waals surface area contributed by atoms with Crippen LogP contribution in [-0.2, 0) is 9.53 Å². The number of piperidine rings is 1. The zero-order chi connectivity index (χ0) is 19.4. The molecular weight excluding hydrogens is 386 g/mol. The van der Waals surface area contributed by atoms with Crippen molar-refractivity contribution in [3.05, 3.63) is 40.4 Å². The van der Waals surface area contributed by atoms with Crippen LogP contribution in [0.5, 0.6) is 0 Å². The third-order valence-corrected chi connectivity index (χ3v) is 5.82. The van der Waals surface area contributed by atoms with Gasteiger partial charge in [-0.05, 0) is 18.9 Å². The Kier molecular flexibility index (Phi) is 6.46. The molecule has 0 spiro atoms. The van der Waals surface area contributed by atoms with E-state index >= 15 is 0 Å². The van der Waals surface area contributed by atoms with E-state index in [0.29, 0.717) is 21.5 Å². The first-order valence-corrected chi connectivity index (χ1v) is 9.97. The number of amides is 1. The number of aromatic nitrogens is 1. The van der Waals surface area contributed by atoms with Crippen molar-refractivity contribution in [1.29, 1.82) is 0 Å². The molecular formula is C19H22ClN3O3S. The van der Waals surface area contributed by atoms with Gasteiger partial charge in [0, 0.05) is 32.7 Å². The second-order valence-electron chi connectivity index (χ2n) is 6.68. The van der Waals surface area contributed by atoms with Gasteiger partial charge in [-0.2, -0.15) is 0 Å². The van der Waals surface area contributed by atoms with Gasteiger partial charge in [-0.15, -0.1) is 11.3 Å². The number of halogens is 1. The van der Waals surface area contributed by atoms with Gasteiger partial charge in [-0.3, -0.25) is 9.69 Å². The molecule has 0 aliphatic carbocycles. The Morgan fingerprint density at radius 3 is 2.67 bits per heavy atom. The van der Waals surface area contributed by atoms with E-state index in [1.54, 1.807) is 25.1 Å². The normalized spacial score (nSPS) is 15.5. The Labute approximate surface area is 167 Å². The molecule has 27 heavy (non-hydrogen) atoms. The molecule has 1 aliphatic heterocycles.